The Bertz CT molecular complexity index is 842. The van der Waals surface area contributed by atoms with Gasteiger partial charge in [0.2, 0.25) is 0 Å². The van der Waals surface area contributed by atoms with Crippen molar-refractivity contribution >= 4 is 24.0 Å². The zero-order valence-corrected chi connectivity index (χ0v) is 18.0. The number of hydrogen-bond acceptors (Lipinski definition) is 3. The largest absolute Gasteiger partial charge is 0.359 e. The van der Waals surface area contributed by atoms with Crippen LogP contribution in [0.15, 0.2) is 59.1 Å². The van der Waals surface area contributed by atoms with Crippen molar-refractivity contribution in [1.29, 1.82) is 0 Å². The van der Waals surface area contributed by atoms with Crippen molar-refractivity contribution in [2.24, 2.45) is 0 Å². The second-order valence-corrected chi connectivity index (χ2v) is 14.0. The van der Waals surface area contributed by atoms with E-state index in [0.717, 1.165) is 39.9 Å². The van der Waals surface area contributed by atoms with Crippen molar-refractivity contribution < 1.29 is 4.74 Å². The lowest BCUT2D eigenvalue weighted by Crippen LogP contribution is -2.22. The summed E-state index contributed by atoms with van der Waals surface area (Å²) in [4.78, 5) is 4.77. The minimum absolute atomic E-state index is 0.412. The Kier molecular flexibility index (Phi) is 6.06. The van der Waals surface area contributed by atoms with Gasteiger partial charge >= 0.3 is 0 Å². The summed E-state index contributed by atoms with van der Waals surface area (Å²) in [5.74, 6) is 1.54. The second kappa shape index (κ2) is 8.29. The molecule has 0 aliphatic carbocycles. The quantitative estimate of drug-likeness (QED) is 0.357. The molecule has 2 aromatic carbocycles. The number of hydrogen-bond donors (Lipinski definition) is 0. The third-order valence-electron chi connectivity index (χ3n) is 4.02. The Morgan fingerprint density at radius 2 is 1.65 bits per heavy atom. The van der Waals surface area contributed by atoms with Gasteiger partial charge in [0.25, 0.3) is 0 Å². The summed E-state index contributed by atoms with van der Waals surface area (Å²) in [5.41, 5.74) is 2.03. The fourth-order valence-electron chi connectivity index (χ4n) is 2.48. The first-order valence-corrected chi connectivity index (χ1v) is 13.3. The van der Waals surface area contributed by atoms with Gasteiger partial charge in [-0.25, -0.2) is 9.67 Å². The van der Waals surface area contributed by atoms with E-state index in [0.29, 0.717) is 6.73 Å². The molecule has 4 nitrogen and oxygen atoms in total. The van der Waals surface area contributed by atoms with Crippen LogP contribution < -0.4 is 0 Å². The van der Waals surface area contributed by atoms with Crippen LogP contribution in [-0.2, 0) is 11.5 Å². The van der Waals surface area contributed by atoms with E-state index in [-0.39, 0.29) is 0 Å². The monoisotopic (exact) mass is 429 g/mol. The van der Waals surface area contributed by atoms with E-state index in [1.54, 1.807) is 0 Å². The second-order valence-electron chi connectivity index (χ2n) is 7.48. The molecule has 136 valence electrons. The van der Waals surface area contributed by atoms with Crippen LogP contribution in [0.3, 0.4) is 0 Å². The van der Waals surface area contributed by atoms with Gasteiger partial charge in [0.15, 0.2) is 11.6 Å². The minimum Gasteiger partial charge on any atom is -0.359 e. The van der Waals surface area contributed by atoms with Crippen molar-refractivity contribution in [2.75, 3.05) is 6.61 Å². The lowest BCUT2D eigenvalue weighted by molar-refractivity contribution is 0.0797. The highest BCUT2D eigenvalue weighted by atomic mass is 79.9. The Labute approximate surface area is 164 Å². The Morgan fingerprint density at radius 3 is 2.31 bits per heavy atom. The summed E-state index contributed by atoms with van der Waals surface area (Å²) < 4.78 is 8.82. The highest BCUT2D eigenvalue weighted by Gasteiger charge is 2.15. The highest BCUT2D eigenvalue weighted by Crippen LogP contribution is 2.24. The highest BCUT2D eigenvalue weighted by molar-refractivity contribution is 9.10. The smallest absolute Gasteiger partial charge is 0.181 e. The minimum atomic E-state index is -1.10. The molecule has 0 radical (unpaired) electrons. The number of ether oxygens (including phenoxy) is 1. The van der Waals surface area contributed by atoms with Crippen LogP contribution in [0, 0.1) is 0 Å². The SMILES string of the molecule is C[Si](C)(C)CCOCn1nc(-c2ccccc2)nc1-c1ccc(Br)cc1. The first kappa shape index (κ1) is 19.0. The van der Waals surface area contributed by atoms with E-state index in [1.165, 1.54) is 0 Å². The summed E-state index contributed by atoms with van der Waals surface area (Å²) in [6.45, 7) is 8.23. The standard InChI is InChI=1S/C20H24BrN3OSi/c1-26(2,3)14-13-25-15-24-20(17-9-11-18(21)12-10-17)22-19(23-24)16-7-5-4-6-8-16/h4-12H,13-15H2,1-3H3. The molecule has 1 heterocycles. The van der Waals surface area contributed by atoms with Gasteiger partial charge in [-0.05, 0) is 18.2 Å². The molecule has 1 aromatic heterocycles. The van der Waals surface area contributed by atoms with Crippen LogP contribution in [0.25, 0.3) is 22.8 Å². The van der Waals surface area contributed by atoms with Gasteiger partial charge in [-0.1, -0.05) is 78.0 Å². The molecule has 0 amide bonds. The zero-order valence-electron chi connectivity index (χ0n) is 15.4. The predicted octanol–water partition coefficient (Wildman–Crippen LogP) is 5.69. The molecule has 0 unspecified atom stereocenters. The first-order chi connectivity index (χ1) is 12.4. The topological polar surface area (TPSA) is 39.9 Å². The van der Waals surface area contributed by atoms with E-state index in [2.05, 4.69) is 35.6 Å². The van der Waals surface area contributed by atoms with Crippen LogP contribution in [0.5, 0.6) is 0 Å². The molecular formula is C20H24BrN3OSi. The van der Waals surface area contributed by atoms with Crippen molar-refractivity contribution in [3.63, 3.8) is 0 Å². The normalized spacial score (nSPS) is 11.7. The third kappa shape index (κ3) is 5.12. The van der Waals surface area contributed by atoms with Gasteiger partial charge in [-0.3, -0.25) is 0 Å². The van der Waals surface area contributed by atoms with Gasteiger partial charge in [-0.15, -0.1) is 5.10 Å². The number of halogens is 1. The van der Waals surface area contributed by atoms with Crippen LogP contribution in [-0.4, -0.2) is 29.4 Å². The average Bonchev–Trinajstić information content (AvgIpc) is 3.04. The van der Waals surface area contributed by atoms with E-state index in [9.17, 15) is 0 Å². The van der Waals surface area contributed by atoms with Crippen LogP contribution >= 0.6 is 15.9 Å². The maximum absolute atomic E-state index is 5.92. The molecule has 3 rings (SSSR count). The average molecular weight is 430 g/mol. The summed E-state index contributed by atoms with van der Waals surface area (Å²) in [7, 11) is -1.10. The third-order valence-corrected chi connectivity index (χ3v) is 6.25. The molecule has 3 aromatic rings. The maximum Gasteiger partial charge on any atom is 0.181 e. The summed E-state index contributed by atoms with van der Waals surface area (Å²) in [6, 6.07) is 19.3. The summed E-state index contributed by atoms with van der Waals surface area (Å²) >= 11 is 3.48. The van der Waals surface area contributed by atoms with Crippen molar-refractivity contribution in [3.05, 3.63) is 59.1 Å². The summed E-state index contributed by atoms with van der Waals surface area (Å²) in [5, 5.41) is 4.69. The van der Waals surface area contributed by atoms with Crippen LogP contribution in [0.4, 0.5) is 0 Å². The van der Waals surface area contributed by atoms with Gasteiger partial charge in [-0.2, -0.15) is 0 Å². The number of benzene rings is 2. The van der Waals surface area contributed by atoms with Crippen LogP contribution in [0.2, 0.25) is 25.7 Å². The number of aromatic nitrogens is 3. The molecule has 0 atom stereocenters. The number of rotatable bonds is 7. The van der Waals surface area contributed by atoms with Gasteiger partial charge in [0, 0.05) is 30.3 Å². The maximum atomic E-state index is 5.92. The van der Waals surface area contributed by atoms with Gasteiger partial charge in [0.1, 0.15) is 6.73 Å². The molecule has 0 fully saturated rings. The predicted molar refractivity (Wildman–Crippen MR) is 113 cm³/mol. The Hall–Kier alpha value is -1.76. The summed E-state index contributed by atoms with van der Waals surface area (Å²) in [6.07, 6.45) is 0. The van der Waals surface area contributed by atoms with Crippen molar-refractivity contribution in [1.82, 2.24) is 14.8 Å². The van der Waals surface area contributed by atoms with Gasteiger partial charge < -0.3 is 4.74 Å². The molecule has 0 saturated carbocycles. The lowest BCUT2D eigenvalue weighted by Gasteiger charge is -2.15. The zero-order chi connectivity index (χ0) is 18.6. The molecule has 0 saturated heterocycles. The van der Waals surface area contributed by atoms with Crippen LogP contribution in [0.1, 0.15) is 0 Å². The number of nitrogens with zero attached hydrogens (tertiary/aromatic N) is 3. The molecule has 0 aliphatic heterocycles. The molecule has 0 N–H and O–H groups in total. The van der Waals surface area contributed by atoms with E-state index in [1.807, 2.05) is 59.3 Å². The fourth-order valence-corrected chi connectivity index (χ4v) is 3.50. The molecular weight excluding hydrogens is 406 g/mol. The molecule has 26 heavy (non-hydrogen) atoms. The van der Waals surface area contributed by atoms with Crippen molar-refractivity contribution in [3.8, 4) is 22.8 Å². The molecule has 0 spiro atoms. The fraction of sp³-hybridized carbons (Fsp3) is 0.300. The van der Waals surface area contributed by atoms with Crippen molar-refractivity contribution in [2.45, 2.75) is 32.4 Å². The Morgan fingerprint density at radius 1 is 0.962 bits per heavy atom. The van der Waals surface area contributed by atoms with E-state index < -0.39 is 8.07 Å². The Balaban J connectivity index is 1.85. The first-order valence-electron chi connectivity index (χ1n) is 8.76. The van der Waals surface area contributed by atoms with E-state index >= 15 is 0 Å². The van der Waals surface area contributed by atoms with E-state index in [4.69, 9.17) is 14.8 Å². The van der Waals surface area contributed by atoms with Gasteiger partial charge in [0.05, 0.1) is 0 Å². The molecule has 0 bridgehead atoms. The molecule has 6 heteroatoms. The lowest BCUT2D eigenvalue weighted by atomic mass is 10.2. The molecule has 0 aliphatic rings.